The number of carbonyl (C=O) groups excluding carboxylic acids is 1. The number of piperidine rings is 1. The zero-order valence-corrected chi connectivity index (χ0v) is 11.6. The quantitative estimate of drug-likeness (QED) is 0.910. The number of carbonyl (C=O) groups is 1. The number of benzene rings is 1. The van der Waals surface area contributed by atoms with Gasteiger partial charge >= 0.3 is 0 Å². The molecule has 0 aromatic heterocycles. The first kappa shape index (κ1) is 14.0. The normalized spacial score (nSPS) is 17.4. The van der Waals surface area contributed by atoms with Gasteiger partial charge in [-0.25, -0.2) is 4.39 Å². The Morgan fingerprint density at radius 2 is 2.11 bits per heavy atom. The summed E-state index contributed by atoms with van der Waals surface area (Å²) < 4.78 is 13.1. The van der Waals surface area contributed by atoms with Crippen LogP contribution in [0.2, 0.25) is 0 Å². The lowest BCUT2D eigenvalue weighted by Gasteiger charge is -2.29. The number of hydrogen-bond acceptors (Lipinski definition) is 2. The molecule has 0 radical (unpaired) electrons. The molecule has 1 heterocycles. The van der Waals surface area contributed by atoms with Gasteiger partial charge < -0.3 is 5.32 Å². The first-order valence-electron chi connectivity index (χ1n) is 6.83. The van der Waals surface area contributed by atoms with E-state index < -0.39 is 0 Å². The Labute approximate surface area is 113 Å². The van der Waals surface area contributed by atoms with Crippen molar-refractivity contribution in [2.45, 2.75) is 26.7 Å². The van der Waals surface area contributed by atoms with Crippen LogP contribution in [0.4, 0.5) is 10.1 Å². The minimum absolute atomic E-state index is 0.0664. The summed E-state index contributed by atoms with van der Waals surface area (Å²) in [6, 6.07) is 4.44. The maximum atomic E-state index is 13.1. The first-order valence-corrected chi connectivity index (χ1v) is 6.83. The second-order valence-electron chi connectivity index (χ2n) is 5.47. The van der Waals surface area contributed by atoms with E-state index in [1.54, 1.807) is 6.07 Å². The average molecular weight is 264 g/mol. The van der Waals surface area contributed by atoms with E-state index in [0.717, 1.165) is 37.4 Å². The summed E-state index contributed by atoms with van der Waals surface area (Å²) in [7, 11) is 0. The summed E-state index contributed by atoms with van der Waals surface area (Å²) in [6.07, 6.45) is 2.29. The molecular weight excluding hydrogens is 243 g/mol. The monoisotopic (exact) mass is 264 g/mol. The summed E-state index contributed by atoms with van der Waals surface area (Å²) >= 11 is 0. The van der Waals surface area contributed by atoms with E-state index in [0.29, 0.717) is 12.2 Å². The molecule has 104 valence electrons. The molecule has 0 saturated carbocycles. The lowest BCUT2D eigenvalue weighted by Crippen LogP contribution is -2.38. The molecular formula is C15H21FN2O. The molecule has 0 spiro atoms. The van der Waals surface area contributed by atoms with Crippen molar-refractivity contribution in [1.82, 2.24) is 4.90 Å². The van der Waals surface area contributed by atoms with E-state index in [1.165, 1.54) is 12.1 Å². The highest BCUT2D eigenvalue weighted by molar-refractivity contribution is 5.92. The van der Waals surface area contributed by atoms with Gasteiger partial charge in [-0.2, -0.15) is 0 Å². The lowest BCUT2D eigenvalue weighted by molar-refractivity contribution is -0.117. The van der Waals surface area contributed by atoms with Crippen molar-refractivity contribution >= 4 is 11.6 Å². The van der Waals surface area contributed by atoms with Crippen LogP contribution < -0.4 is 5.32 Å². The smallest absolute Gasteiger partial charge is 0.238 e. The molecule has 1 saturated heterocycles. The van der Waals surface area contributed by atoms with Crippen LogP contribution in [0, 0.1) is 18.7 Å². The van der Waals surface area contributed by atoms with Gasteiger partial charge in [0.15, 0.2) is 0 Å². The molecule has 0 unspecified atom stereocenters. The molecule has 4 heteroatoms. The van der Waals surface area contributed by atoms with E-state index in [4.69, 9.17) is 0 Å². The predicted molar refractivity (Wildman–Crippen MR) is 74.6 cm³/mol. The number of nitrogens with zero attached hydrogens (tertiary/aromatic N) is 1. The van der Waals surface area contributed by atoms with Crippen LogP contribution in [-0.4, -0.2) is 30.4 Å². The Kier molecular flexibility index (Phi) is 4.53. The van der Waals surface area contributed by atoms with Crippen LogP contribution >= 0.6 is 0 Å². The van der Waals surface area contributed by atoms with Gasteiger partial charge in [0, 0.05) is 5.69 Å². The fourth-order valence-corrected chi connectivity index (χ4v) is 2.34. The maximum Gasteiger partial charge on any atom is 0.238 e. The number of anilines is 1. The highest BCUT2D eigenvalue weighted by atomic mass is 19.1. The summed E-state index contributed by atoms with van der Waals surface area (Å²) in [6.45, 7) is 6.43. The zero-order valence-electron chi connectivity index (χ0n) is 11.6. The number of likely N-dealkylation sites (tertiary alicyclic amines) is 1. The fraction of sp³-hybridized carbons (Fsp3) is 0.533. The molecule has 1 aromatic rings. The summed E-state index contributed by atoms with van der Waals surface area (Å²) in [5.41, 5.74) is 1.44. The zero-order chi connectivity index (χ0) is 13.8. The van der Waals surface area contributed by atoms with Crippen molar-refractivity contribution in [1.29, 1.82) is 0 Å². The SMILES string of the molecule is Cc1ccc(F)cc1NC(=O)CN1CCC(C)CC1. The van der Waals surface area contributed by atoms with Crippen molar-refractivity contribution in [2.24, 2.45) is 5.92 Å². The summed E-state index contributed by atoms with van der Waals surface area (Å²) in [5, 5.41) is 2.79. The van der Waals surface area contributed by atoms with E-state index in [2.05, 4.69) is 17.1 Å². The van der Waals surface area contributed by atoms with Gasteiger partial charge in [0.2, 0.25) is 5.91 Å². The summed E-state index contributed by atoms with van der Waals surface area (Å²) in [4.78, 5) is 14.1. The average Bonchev–Trinajstić information content (AvgIpc) is 2.37. The first-order chi connectivity index (χ1) is 9.04. The number of amides is 1. The predicted octanol–water partition coefficient (Wildman–Crippen LogP) is 2.80. The minimum atomic E-state index is -0.326. The Hall–Kier alpha value is -1.42. The molecule has 0 aliphatic carbocycles. The largest absolute Gasteiger partial charge is 0.325 e. The third-order valence-electron chi connectivity index (χ3n) is 3.72. The van der Waals surface area contributed by atoms with Crippen molar-refractivity contribution < 1.29 is 9.18 Å². The third kappa shape index (κ3) is 4.03. The van der Waals surface area contributed by atoms with E-state index in [-0.39, 0.29) is 11.7 Å². The number of hydrogen-bond donors (Lipinski definition) is 1. The number of nitrogens with one attached hydrogen (secondary N) is 1. The molecule has 1 aliphatic heterocycles. The van der Waals surface area contributed by atoms with Crippen molar-refractivity contribution in [3.05, 3.63) is 29.6 Å². The maximum absolute atomic E-state index is 13.1. The fourth-order valence-electron chi connectivity index (χ4n) is 2.34. The van der Waals surface area contributed by atoms with Crippen molar-refractivity contribution in [3.63, 3.8) is 0 Å². The van der Waals surface area contributed by atoms with Gasteiger partial charge in [-0.15, -0.1) is 0 Å². The van der Waals surface area contributed by atoms with Crippen molar-refractivity contribution in [2.75, 3.05) is 25.0 Å². The highest BCUT2D eigenvalue weighted by Gasteiger charge is 2.18. The van der Waals surface area contributed by atoms with Crippen LogP contribution in [0.15, 0.2) is 18.2 Å². The van der Waals surface area contributed by atoms with E-state index in [1.807, 2.05) is 6.92 Å². The molecule has 0 atom stereocenters. The standard InChI is InChI=1S/C15H21FN2O/c1-11-5-7-18(8-6-11)10-15(19)17-14-9-13(16)4-3-12(14)2/h3-4,9,11H,5-8,10H2,1-2H3,(H,17,19). The Bertz CT molecular complexity index is 453. The van der Waals surface area contributed by atoms with Gasteiger partial charge in [0.25, 0.3) is 0 Å². The van der Waals surface area contributed by atoms with Gasteiger partial charge in [-0.05, 0) is 56.5 Å². The lowest BCUT2D eigenvalue weighted by atomic mass is 9.99. The topological polar surface area (TPSA) is 32.3 Å². The van der Waals surface area contributed by atoms with E-state index >= 15 is 0 Å². The molecule has 1 fully saturated rings. The minimum Gasteiger partial charge on any atom is -0.325 e. The van der Waals surface area contributed by atoms with Crippen LogP contribution in [0.3, 0.4) is 0 Å². The molecule has 3 nitrogen and oxygen atoms in total. The Morgan fingerprint density at radius 1 is 1.42 bits per heavy atom. The van der Waals surface area contributed by atoms with Gasteiger partial charge in [0.1, 0.15) is 5.82 Å². The number of halogens is 1. The van der Waals surface area contributed by atoms with Crippen LogP contribution in [0.1, 0.15) is 25.3 Å². The number of aryl methyl sites for hydroxylation is 1. The Balaban J connectivity index is 1.89. The van der Waals surface area contributed by atoms with Gasteiger partial charge in [-0.3, -0.25) is 9.69 Å². The van der Waals surface area contributed by atoms with Crippen LogP contribution in [0.5, 0.6) is 0 Å². The van der Waals surface area contributed by atoms with Crippen LogP contribution in [0.25, 0.3) is 0 Å². The molecule has 1 aromatic carbocycles. The Morgan fingerprint density at radius 3 is 2.79 bits per heavy atom. The van der Waals surface area contributed by atoms with Crippen LogP contribution in [-0.2, 0) is 4.79 Å². The van der Waals surface area contributed by atoms with E-state index in [9.17, 15) is 9.18 Å². The number of rotatable bonds is 3. The second-order valence-corrected chi connectivity index (χ2v) is 5.47. The molecule has 0 bridgehead atoms. The van der Waals surface area contributed by atoms with Crippen molar-refractivity contribution in [3.8, 4) is 0 Å². The van der Waals surface area contributed by atoms with Gasteiger partial charge in [-0.1, -0.05) is 13.0 Å². The molecule has 2 rings (SSSR count). The van der Waals surface area contributed by atoms with Gasteiger partial charge in [0.05, 0.1) is 6.54 Å². The molecule has 1 amide bonds. The molecule has 1 N–H and O–H groups in total. The highest BCUT2D eigenvalue weighted by Crippen LogP contribution is 2.17. The molecule has 19 heavy (non-hydrogen) atoms. The summed E-state index contributed by atoms with van der Waals surface area (Å²) in [5.74, 6) is 0.362. The second kappa shape index (κ2) is 6.15. The third-order valence-corrected chi connectivity index (χ3v) is 3.72. The molecule has 1 aliphatic rings.